The van der Waals surface area contributed by atoms with Gasteiger partial charge in [0.05, 0.1) is 16.7 Å². The summed E-state index contributed by atoms with van der Waals surface area (Å²) in [6, 6.07) is 4.96. The van der Waals surface area contributed by atoms with Crippen molar-refractivity contribution in [3.8, 4) is 0 Å². The van der Waals surface area contributed by atoms with Gasteiger partial charge in [-0.15, -0.1) is 0 Å². The molecule has 1 atom stereocenters. The largest absolute Gasteiger partial charge is 0.465 e. The van der Waals surface area contributed by atoms with Crippen LogP contribution in [0.5, 0.6) is 0 Å². The summed E-state index contributed by atoms with van der Waals surface area (Å²) in [5.74, 6) is -0.215. The fraction of sp³-hybridized carbons (Fsp3) is 0.533. The molecule has 1 aromatic rings. The fourth-order valence-corrected chi connectivity index (χ4v) is 2.88. The second kappa shape index (κ2) is 7.30. The quantitative estimate of drug-likeness (QED) is 0.784. The standard InChI is InChI=1S/C15H19Cl2NO2/c1-2-20-15(19)14(18-8-4-3-5-9-18)11-6-7-12(16)13(17)10-11/h6-7,10,14H,2-5,8-9H2,1H3/t14-/m1/s1. The summed E-state index contributed by atoms with van der Waals surface area (Å²) in [5, 5.41) is 0.965. The van der Waals surface area contributed by atoms with Gasteiger partial charge < -0.3 is 4.74 Å². The van der Waals surface area contributed by atoms with Gasteiger partial charge >= 0.3 is 5.97 Å². The maximum absolute atomic E-state index is 12.3. The van der Waals surface area contributed by atoms with E-state index >= 15 is 0 Å². The number of rotatable bonds is 4. The minimum atomic E-state index is -0.384. The topological polar surface area (TPSA) is 29.5 Å². The lowest BCUT2D eigenvalue weighted by Gasteiger charge is -2.33. The van der Waals surface area contributed by atoms with E-state index in [1.807, 2.05) is 13.0 Å². The Bertz CT molecular complexity index is 473. The molecule has 1 heterocycles. The molecular weight excluding hydrogens is 297 g/mol. The van der Waals surface area contributed by atoms with Gasteiger partial charge in [0.25, 0.3) is 0 Å². The molecule has 1 aromatic carbocycles. The SMILES string of the molecule is CCOC(=O)[C@@H](c1ccc(Cl)c(Cl)c1)N1CCCCC1. The van der Waals surface area contributed by atoms with Gasteiger partial charge in [-0.2, -0.15) is 0 Å². The lowest BCUT2D eigenvalue weighted by molar-refractivity contribution is -0.150. The van der Waals surface area contributed by atoms with Crippen LogP contribution in [0.2, 0.25) is 10.0 Å². The highest BCUT2D eigenvalue weighted by atomic mass is 35.5. The van der Waals surface area contributed by atoms with Crippen molar-refractivity contribution in [3.05, 3.63) is 33.8 Å². The number of hydrogen-bond donors (Lipinski definition) is 0. The lowest BCUT2D eigenvalue weighted by atomic mass is 10.0. The number of likely N-dealkylation sites (tertiary alicyclic amines) is 1. The highest BCUT2D eigenvalue weighted by Crippen LogP contribution is 2.30. The van der Waals surface area contributed by atoms with E-state index in [-0.39, 0.29) is 12.0 Å². The van der Waals surface area contributed by atoms with Crippen LogP contribution < -0.4 is 0 Å². The molecule has 0 unspecified atom stereocenters. The van der Waals surface area contributed by atoms with Crippen molar-refractivity contribution in [2.45, 2.75) is 32.2 Å². The van der Waals surface area contributed by atoms with Gasteiger partial charge in [-0.05, 0) is 50.6 Å². The van der Waals surface area contributed by atoms with Gasteiger partial charge in [-0.25, -0.2) is 4.79 Å². The number of carbonyl (C=O) groups excluding carboxylic acids is 1. The molecule has 0 aliphatic carbocycles. The number of esters is 1. The summed E-state index contributed by atoms with van der Waals surface area (Å²) in [7, 11) is 0. The number of hydrogen-bond acceptors (Lipinski definition) is 3. The molecule has 1 aliphatic rings. The Balaban J connectivity index is 2.28. The van der Waals surface area contributed by atoms with Crippen LogP contribution in [0.25, 0.3) is 0 Å². The van der Waals surface area contributed by atoms with Crippen LogP contribution in [0.3, 0.4) is 0 Å². The summed E-state index contributed by atoms with van der Waals surface area (Å²) in [4.78, 5) is 14.5. The third kappa shape index (κ3) is 3.66. The Kier molecular flexibility index (Phi) is 5.70. The zero-order chi connectivity index (χ0) is 14.5. The Morgan fingerprint density at radius 3 is 2.55 bits per heavy atom. The Labute approximate surface area is 129 Å². The predicted molar refractivity (Wildman–Crippen MR) is 81.3 cm³/mol. The first-order chi connectivity index (χ1) is 9.63. The molecule has 1 aliphatic heterocycles. The average molecular weight is 316 g/mol. The number of carbonyl (C=O) groups is 1. The van der Waals surface area contributed by atoms with Crippen molar-refractivity contribution in [3.63, 3.8) is 0 Å². The first-order valence-electron chi connectivity index (χ1n) is 6.99. The molecule has 0 saturated carbocycles. The molecule has 20 heavy (non-hydrogen) atoms. The second-order valence-corrected chi connectivity index (χ2v) is 5.74. The number of nitrogens with zero attached hydrogens (tertiary/aromatic N) is 1. The van der Waals surface area contributed by atoms with Crippen LogP contribution in [0, 0.1) is 0 Å². The van der Waals surface area contributed by atoms with Crippen molar-refractivity contribution < 1.29 is 9.53 Å². The van der Waals surface area contributed by atoms with E-state index in [2.05, 4.69) is 4.90 Å². The van der Waals surface area contributed by atoms with E-state index < -0.39 is 0 Å². The molecule has 2 rings (SSSR count). The molecule has 1 fully saturated rings. The average Bonchev–Trinajstić information content (AvgIpc) is 2.44. The van der Waals surface area contributed by atoms with Gasteiger partial charge in [0.2, 0.25) is 0 Å². The van der Waals surface area contributed by atoms with E-state index in [1.165, 1.54) is 6.42 Å². The normalized spacial score (nSPS) is 17.8. The monoisotopic (exact) mass is 315 g/mol. The lowest BCUT2D eigenvalue weighted by Crippen LogP contribution is -2.38. The summed E-state index contributed by atoms with van der Waals surface area (Å²) in [6.07, 6.45) is 3.43. The van der Waals surface area contributed by atoms with Crippen LogP contribution in [0.4, 0.5) is 0 Å². The van der Waals surface area contributed by atoms with Gasteiger partial charge in [0.15, 0.2) is 0 Å². The van der Waals surface area contributed by atoms with Crippen LogP contribution in [-0.2, 0) is 9.53 Å². The van der Waals surface area contributed by atoms with Crippen LogP contribution >= 0.6 is 23.2 Å². The van der Waals surface area contributed by atoms with E-state index in [1.54, 1.807) is 12.1 Å². The number of ether oxygens (including phenoxy) is 1. The van der Waals surface area contributed by atoms with E-state index in [0.717, 1.165) is 31.5 Å². The van der Waals surface area contributed by atoms with E-state index in [4.69, 9.17) is 27.9 Å². The molecule has 0 N–H and O–H groups in total. The Morgan fingerprint density at radius 2 is 1.95 bits per heavy atom. The van der Waals surface area contributed by atoms with Crippen LogP contribution in [-0.4, -0.2) is 30.6 Å². The maximum atomic E-state index is 12.3. The molecule has 0 amide bonds. The second-order valence-electron chi connectivity index (χ2n) is 4.92. The van der Waals surface area contributed by atoms with Crippen molar-refractivity contribution in [2.75, 3.05) is 19.7 Å². The minimum absolute atomic E-state index is 0.215. The Morgan fingerprint density at radius 1 is 1.25 bits per heavy atom. The molecule has 110 valence electrons. The van der Waals surface area contributed by atoms with Crippen LogP contribution in [0.15, 0.2) is 18.2 Å². The van der Waals surface area contributed by atoms with E-state index in [0.29, 0.717) is 16.7 Å². The summed E-state index contributed by atoms with van der Waals surface area (Å²) >= 11 is 12.0. The molecule has 3 nitrogen and oxygen atoms in total. The van der Waals surface area contributed by atoms with Crippen molar-refractivity contribution in [1.82, 2.24) is 4.90 Å². The summed E-state index contributed by atoms with van der Waals surface area (Å²) < 4.78 is 5.23. The number of halogens is 2. The van der Waals surface area contributed by atoms with E-state index in [9.17, 15) is 4.79 Å². The first-order valence-corrected chi connectivity index (χ1v) is 7.74. The summed E-state index contributed by atoms with van der Waals surface area (Å²) in [6.45, 7) is 4.01. The highest BCUT2D eigenvalue weighted by molar-refractivity contribution is 6.42. The molecule has 5 heteroatoms. The van der Waals surface area contributed by atoms with Crippen molar-refractivity contribution in [2.24, 2.45) is 0 Å². The third-order valence-electron chi connectivity index (χ3n) is 3.53. The van der Waals surface area contributed by atoms with Gasteiger partial charge in [0, 0.05) is 0 Å². The van der Waals surface area contributed by atoms with Gasteiger partial charge in [0.1, 0.15) is 6.04 Å². The van der Waals surface area contributed by atoms with Crippen molar-refractivity contribution >= 4 is 29.2 Å². The molecule has 0 aromatic heterocycles. The third-order valence-corrected chi connectivity index (χ3v) is 4.26. The maximum Gasteiger partial charge on any atom is 0.328 e. The zero-order valence-corrected chi connectivity index (χ0v) is 13.1. The smallest absolute Gasteiger partial charge is 0.328 e. The molecule has 0 spiro atoms. The Hall–Kier alpha value is -0.770. The zero-order valence-electron chi connectivity index (χ0n) is 11.6. The molecular formula is C15H19Cl2NO2. The highest BCUT2D eigenvalue weighted by Gasteiger charge is 2.30. The predicted octanol–water partition coefficient (Wildman–Crippen LogP) is 4.08. The molecule has 0 radical (unpaired) electrons. The fourth-order valence-electron chi connectivity index (χ4n) is 2.58. The van der Waals surface area contributed by atoms with Crippen molar-refractivity contribution in [1.29, 1.82) is 0 Å². The summed E-state index contributed by atoms with van der Waals surface area (Å²) in [5.41, 5.74) is 0.847. The molecule has 1 saturated heterocycles. The molecule has 0 bridgehead atoms. The number of piperidine rings is 1. The van der Waals surface area contributed by atoms with Gasteiger partial charge in [-0.1, -0.05) is 35.7 Å². The minimum Gasteiger partial charge on any atom is -0.465 e. The van der Waals surface area contributed by atoms with Crippen LogP contribution in [0.1, 0.15) is 37.8 Å². The first kappa shape index (κ1) is 15.6. The van der Waals surface area contributed by atoms with Gasteiger partial charge in [-0.3, -0.25) is 4.90 Å². The number of benzene rings is 1.